The van der Waals surface area contributed by atoms with Crippen molar-refractivity contribution in [2.24, 2.45) is 11.7 Å². The van der Waals surface area contributed by atoms with Crippen LogP contribution < -0.4 is 20.7 Å². The second kappa shape index (κ2) is 13.1. The summed E-state index contributed by atoms with van der Waals surface area (Å²) >= 11 is 0. The average Bonchev–Trinajstić information content (AvgIpc) is 2.92. The highest BCUT2D eigenvalue weighted by Gasteiger charge is 2.45. The third kappa shape index (κ3) is 7.42. The molecule has 3 N–H and O–H groups in total. The Morgan fingerprint density at radius 1 is 1.19 bits per heavy atom. The normalized spacial score (nSPS) is 19.2. The summed E-state index contributed by atoms with van der Waals surface area (Å²) in [6.07, 6.45) is -3.62. The van der Waals surface area contributed by atoms with Crippen LogP contribution in [-0.2, 0) is 20.6 Å². The van der Waals surface area contributed by atoms with E-state index in [0.29, 0.717) is 19.4 Å². The molecule has 2 atom stereocenters. The number of nitrogens with zero attached hydrogens (tertiary/aromatic N) is 3. The standard InChI is InChI=1S/C30H44F3N5O5/c1-8-24(39)35-11-13-37-22-14-20(21(30(31,32)33)15-23(22)43-29(6,7)28(37)42)26(40)38(18(4)5)19-10-9-12-36(16-19)27(41)25(34)17(2)3/h14-15,17-19,25H,8-13,16,34H2,1-7H3,(H,35,39)/t19-,25+/m1/s1. The zero-order valence-corrected chi connectivity index (χ0v) is 26.0. The number of nitrogens with two attached hydrogens (primary N) is 1. The first-order valence-electron chi connectivity index (χ1n) is 14.8. The molecule has 240 valence electrons. The summed E-state index contributed by atoms with van der Waals surface area (Å²) < 4.78 is 49.2. The second-order valence-electron chi connectivity index (χ2n) is 12.3. The van der Waals surface area contributed by atoms with Crippen molar-refractivity contribution in [1.29, 1.82) is 0 Å². The fourth-order valence-electron chi connectivity index (χ4n) is 5.52. The van der Waals surface area contributed by atoms with Crippen LogP contribution in [0.15, 0.2) is 12.1 Å². The number of carbonyl (C=O) groups excluding carboxylic acids is 4. The molecule has 2 aliphatic rings. The van der Waals surface area contributed by atoms with Crippen LogP contribution in [0.5, 0.6) is 5.75 Å². The van der Waals surface area contributed by atoms with Gasteiger partial charge in [0.05, 0.1) is 22.9 Å². The predicted molar refractivity (Wildman–Crippen MR) is 156 cm³/mol. The molecule has 0 spiro atoms. The fourth-order valence-corrected chi connectivity index (χ4v) is 5.52. The van der Waals surface area contributed by atoms with Gasteiger partial charge in [0, 0.05) is 44.7 Å². The lowest BCUT2D eigenvalue weighted by Crippen LogP contribution is -2.57. The minimum Gasteiger partial charge on any atom is -0.476 e. The number of fused-ring (bicyclic) bond motifs is 1. The first kappa shape index (κ1) is 34.1. The number of amides is 4. The van der Waals surface area contributed by atoms with Crippen molar-refractivity contribution < 1.29 is 37.1 Å². The van der Waals surface area contributed by atoms with Gasteiger partial charge in [0.25, 0.3) is 11.8 Å². The molecule has 2 heterocycles. The van der Waals surface area contributed by atoms with Gasteiger partial charge in [-0.15, -0.1) is 0 Å². The number of piperidine rings is 1. The monoisotopic (exact) mass is 611 g/mol. The van der Waals surface area contributed by atoms with E-state index < -0.39 is 52.8 Å². The number of halogens is 3. The number of alkyl halides is 3. The highest BCUT2D eigenvalue weighted by Crippen LogP contribution is 2.44. The third-order valence-electron chi connectivity index (χ3n) is 7.93. The summed E-state index contributed by atoms with van der Waals surface area (Å²) in [5.74, 6) is -2.19. The molecule has 0 aliphatic carbocycles. The molecule has 0 aromatic heterocycles. The number of rotatable bonds is 9. The van der Waals surface area contributed by atoms with Gasteiger partial charge >= 0.3 is 6.18 Å². The van der Waals surface area contributed by atoms with Crippen LogP contribution in [0.4, 0.5) is 18.9 Å². The van der Waals surface area contributed by atoms with E-state index in [9.17, 15) is 32.3 Å². The molecule has 1 fully saturated rings. The Morgan fingerprint density at radius 2 is 1.84 bits per heavy atom. The maximum absolute atomic E-state index is 14.5. The lowest BCUT2D eigenvalue weighted by Gasteiger charge is -2.43. The summed E-state index contributed by atoms with van der Waals surface area (Å²) in [6, 6.07) is 0.0600. The van der Waals surface area contributed by atoms with E-state index >= 15 is 0 Å². The topological polar surface area (TPSA) is 125 Å². The van der Waals surface area contributed by atoms with E-state index in [0.717, 1.165) is 12.1 Å². The largest absolute Gasteiger partial charge is 0.476 e. The number of nitrogens with one attached hydrogen (secondary N) is 1. The average molecular weight is 612 g/mol. The molecule has 4 amide bonds. The van der Waals surface area contributed by atoms with Crippen LogP contribution in [0.25, 0.3) is 0 Å². The van der Waals surface area contributed by atoms with Gasteiger partial charge in [0.15, 0.2) is 5.60 Å². The van der Waals surface area contributed by atoms with E-state index in [2.05, 4.69) is 5.32 Å². The van der Waals surface area contributed by atoms with Crippen molar-refractivity contribution >= 4 is 29.3 Å². The number of carbonyl (C=O) groups is 4. The number of anilines is 1. The Balaban J connectivity index is 2.06. The van der Waals surface area contributed by atoms with Crippen molar-refractivity contribution in [2.75, 3.05) is 31.1 Å². The maximum Gasteiger partial charge on any atom is 0.417 e. The van der Waals surface area contributed by atoms with E-state index in [-0.39, 0.29) is 55.2 Å². The van der Waals surface area contributed by atoms with Crippen molar-refractivity contribution in [1.82, 2.24) is 15.1 Å². The molecular formula is C30H44F3N5O5. The van der Waals surface area contributed by atoms with Crippen molar-refractivity contribution in [3.8, 4) is 5.75 Å². The molecule has 0 saturated carbocycles. The van der Waals surface area contributed by atoms with Gasteiger partial charge in [-0.2, -0.15) is 13.2 Å². The molecule has 0 unspecified atom stereocenters. The van der Waals surface area contributed by atoms with E-state index in [1.54, 1.807) is 25.7 Å². The summed E-state index contributed by atoms with van der Waals surface area (Å²) in [6.45, 7) is 12.3. The Hall–Kier alpha value is -3.35. The minimum absolute atomic E-state index is 0.0125. The Kier molecular flexibility index (Phi) is 10.4. The van der Waals surface area contributed by atoms with Crippen LogP contribution in [0.3, 0.4) is 0 Å². The van der Waals surface area contributed by atoms with Crippen LogP contribution in [0.1, 0.15) is 83.7 Å². The van der Waals surface area contributed by atoms with Crippen molar-refractivity contribution in [3.63, 3.8) is 0 Å². The van der Waals surface area contributed by atoms with Crippen LogP contribution >= 0.6 is 0 Å². The maximum atomic E-state index is 14.5. The molecular weight excluding hydrogens is 567 g/mol. The smallest absolute Gasteiger partial charge is 0.417 e. The summed E-state index contributed by atoms with van der Waals surface area (Å²) in [4.78, 5) is 56.5. The van der Waals surface area contributed by atoms with Gasteiger partial charge in [-0.3, -0.25) is 19.2 Å². The SMILES string of the molecule is CCC(=O)NCCN1C(=O)C(C)(C)Oc2cc(C(F)(F)F)c(C(=O)N(C(C)C)[C@@H]3CCCN(C(=O)[C@@H](N)C(C)C)C3)cc21. The van der Waals surface area contributed by atoms with E-state index in [1.807, 2.05) is 13.8 Å². The van der Waals surface area contributed by atoms with Gasteiger partial charge in [-0.1, -0.05) is 20.8 Å². The van der Waals surface area contributed by atoms with E-state index in [4.69, 9.17) is 10.5 Å². The molecule has 10 nitrogen and oxygen atoms in total. The highest BCUT2D eigenvalue weighted by atomic mass is 19.4. The molecule has 1 saturated heterocycles. The molecule has 0 radical (unpaired) electrons. The first-order valence-corrected chi connectivity index (χ1v) is 14.8. The summed E-state index contributed by atoms with van der Waals surface area (Å²) in [5, 5.41) is 2.67. The zero-order valence-electron chi connectivity index (χ0n) is 26.0. The molecule has 0 bridgehead atoms. The lowest BCUT2D eigenvalue weighted by atomic mass is 9.96. The van der Waals surface area contributed by atoms with Gasteiger partial charge in [-0.05, 0) is 58.6 Å². The van der Waals surface area contributed by atoms with Crippen LogP contribution in [0.2, 0.25) is 0 Å². The first-order chi connectivity index (χ1) is 19.9. The molecule has 13 heteroatoms. The van der Waals surface area contributed by atoms with Crippen LogP contribution in [0, 0.1) is 5.92 Å². The zero-order chi connectivity index (χ0) is 32.4. The summed E-state index contributed by atoms with van der Waals surface area (Å²) in [5.41, 5.74) is 2.82. The predicted octanol–water partition coefficient (Wildman–Crippen LogP) is 3.56. The number of hydrogen-bond donors (Lipinski definition) is 2. The lowest BCUT2D eigenvalue weighted by molar-refractivity contribution is -0.138. The molecule has 2 aliphatic heterocycles. The molecule has 1 aromatic carbocycles. The highest BCUT2D eigenvalue weighted by molar-refractivity contribution is 6.05. The van der Waals surface area contributed by atoms with Gasteiger partial charge < -0.3 is 30.5 Å². The quantitative estimate of drug-likeness (QED) is 0.440. The van der Waals surface area contributed by atoms with Crippen LogP contribution in [-0.4, -0.2) is 83.3 Å². The Labute approximate surface area is 251 Å². The number of likely N-dealkylation sites (tertiary alicyclic amines) is 1. The number of hydrogen-bond acceptors (Lipinski definition) is 6. The third-order valence-corrected chi connectivity index (χ3v) is 7.93. The second-order valence-corrected chi connectivity index (χ2v) is 12.3. The van der Waals surface area contributed by atoms with Crippen molar-refractivity contribution in [2.45, 2.75) is 97.6 Å². The van der Waals surface area contributed by atoms with E-state index in [1.165, 1.54) is 23.6 Å². The number of ether oxygens (including phenoxy) is 1. The summed E-state index contributed by atoms with van der Waals surface area (Å²) in [7, 11) is 0. The molecule has 43 heavy (non-hydrogen) atoms. The van der Waals surface area contributed by atoms with Gasteiger partial charge in [0.1, 0.15) is 5.75 Å². The van der Waals surface area contributed by atoms with Gasteiger partial charge in [0.2, 0.25) is 11.8 Å². The number of benzene rings is 1. The molecule has 1 aromatic rings. The molecule has 3 rings (SSSR count). The minimum atomic E-state index is -4.91. The Bertz CT molecular complexity index is 1230. The fraction of sp³-hybridized carbons (Fsp3) is 0.667. The van der Waals surface area contributed by atoms with Gasteiger partial charge in [-0.25, -0.2) is 0 Å². The van der Waals surface area contributed by atoms with Crippen molar-refractivity contribution in [3.05, 3.63) is 23.3 Å². The Morgan fingerprint density at radius 3 is 2.40 bits per heavy atom.